The molecule has 1 rings (SSSR count). The van der Waals surface area contributed by atoms with E-state index in [0.717, 1.165) is 6.42 Å². The van der Waals surface area contributed by atoms with E-state index >= 15 is 0 Å². The van der Waals surface area contributed by atoms with Gasteiger partial charge in [0.25, 0.3) is 5.91 Å². The Balaban J connectivity index is 2.93. The van der Waals surface area contributed by atoms with E-state index in [4.69, 9.17) is 0 Å². The van der Waals surface area contributed by atoms with Crippen molar-refractivity contribution in [1.82, 2.24) is 10.6 Å². The van der Waals surface area contributed by atoms with Crippen LogP contribution in [0.3, 0.4) is 0 Å². The molecule has 19 heavy (non-hydrogen) atoms. The number of carbonyl (C=O) groups excluding carboxylic acids is 1. The summed E-state index contributed by atoms with van der Waals surface area (Å²) in [7, 11) is 0. The quantitative estimate of drug-likeness (QED) is 0.734. The molecule has 0 radical (unpaired) electrons. The van der Waals surface area contributed by atoms with Gasteiger partial charge in [0.15, 0.2) is 0 Å². The molecule has 0 atom stereocenters. The Morgan fingerprint density at radius 1 is 1.21 bits per heavy atom. The maximum absolute atomic E-state index is 12.5. The molecule has 1 heterocycles. The van der Waals surface area contributed by atoms with Gasteiger partial charge in [-0.05, 0) is 48.0 Å². The van der Waals surface area contributed by atoms with Crippen molar-refractivity contribution in [2.75, 3.05) is 0 Å². The Hall–Kier alpha value is -0.610. The third kappa shape index (κ3) is 4.18. The van der Waals surface area contributed by atoms with Crippen LogP contribution in [-0.2, 0) is 4.79 Å². The molecule has 0 saturated carbocycles. The maximum Gasteiger partial charge on any atom is 0.252 e. The highest BCUT2D eigenvalue weighted by Crippen LogP contribution is 2.36. The standard InChI is InChI=1S/C15H30N2O2/c1-8-12(2,3)16-11(18)15(19)9-13(4,5)17-14(6,7)10-15/h17,19H,8-10H2,1-7H3,(H,16,18). The predicted octanol–water partition coefficient (Wildman–Crippen LogP) is 1.96. The van der Waals surface area contributed by atoms with E-state index in [1.54, 1.807) is 0 Å². The zero-order chi connectivity index (χ0) is 15.1. The van der Waals surface area contributed by atoms with Gasteiger partial charge < -0.3 is 15.7 Å². The first-order valence-corrected chi connectivity index (χ1v) is 7.15. The number of amides is 1. The van der Waals surface area contributed by atoms with Gasteiger partial charge in [0.1, 0.15) is 5.60 Å². The van der Waals surface area contributed by atoms with E-state index in [-0.39, 0.29) is 22.5 Å². The topological polar surface area (TPSA) is 61.4 Å². The van der Waals surface area contributed by atoms with E-state index in [1.807, 2.05) is 48.5 Å². The second-order valence-corrected chi connectivity index (χ2v) is 7.97. The number of piperidine rings is 1. The fourth-order valence-corrected chi connectivity index (χ4v) is 3.20. The Bertz CT molecular complexity index is 343. The molecule has 112 valence electrons. The van der Waals surface area contributed by atoms with Crippen molar-refractivity contribution in [1.29, 1.82) is 0 Å². The Morgan fingerprint density at radius 2 is 1.63 bits per heavy atom. The highest BCUT2D eigenvalue weighted by atomic mass is 16.3. The lowest BCUT2D eigenvalue weighted by atomic mass is 9.72. The highest BCUT2D eigenvalue weighted by molar-refractivity contribution is 5.86. The van der Waals surface area contributed by atoms with Gasteiger partial charge in [-0.2, -0.15) is 0 Å². The number of rotatable bonds is 3. The summed E-state index contributed by atoms with van der Waals surface area (Å²) >= 11 is 0. The number of nitrogens with one attached hydrogen (secondary N) is 2. The van der Waals surface area contributed by atoms with Crippen molar-refractivity contribution in [3.63, 3.8) is 0 Å². The molecule has 0 aromatic heterocycles. The van der Waals surface area contributed by atoms with E-state index in [0.29, 0.717) is 12.8 Å². The smallest absolute Gasteiger partial charge is 0.252 e. The SMILES string of the molecule is CCC(C)(C)NC(=O)C1(O)CC(C)(C)NC(C)(C)C1. The minimum atomic E-state index is -1.30. The first-order chi connectivity index (χ1) is 8.31. The molecule has 0 unspecified atom stereocenters. The van der Waals surface area contributed by atoms with Crippen LogP contribution in [0.1, 0.15) is 67.7 Å². The van der Waals surface area contributed by atoms with Crippen molar-refractivity contribution >= 4 is 5.91 Å². The molecule has 0 aromatic carbocycles. The first kappa shape index (κ1) is 16.4. The largest absolute Gasteiger partial charge is 0.380 e. The summed E-state index contributed by atoms with van der Waals surface area (Å²) in [6.45, 7) is 14.1. The minimum absolute atomic E-state index is 0.248. The monoisotopic (exact) mass is 270 g/mol. The summed E-state index contributed by atoms with van der Waals surface area (Å²) in [6, 6.07) is 0. The summed E-state index contributed by atoms with van der Waals surface area (Å²) in [4.78, 5) is 12.5. The third-order valence-corrected chi connectivity index (χ3v) is 3.90. The van der Waals surface area contributed by atoms with Gasteiger partial charge in [-0.25, -0.2) is 0 Å². The second kappa shape index (κ2) is 4.74. The zero-order valence-corrected chi connectivity index (χ0v) is 13.5. The molecule has 0 bridgehead atoms. The van der Waals surface area contributed by atoms with Crippen LogP contribution >= 0.6 is 0 Å². The molecule has 1 saturated heterocycles. The fourth-order valence-electron chi connectivity index (χ4n) is 3.20. The molecule has 0 aliphatic carbocycles. The van der Waals surface area contributed by atoms with Crippen molar-refractivity contribution in [2.45, 2.75) is 89.9 Å². The second-order valence-electron chi connectivity index (χ2n) is 7.97. The van der Waals surface area contributed by atoms with Gasteiger partial charge in [-0.15, -0.1) is 0 Å². The summed E-state index contributed by atoms with van der Waals surface area (Å²) in [6.07, 6.45) is 1.68. The molecule has 0 aromatic rings. The lowest BCUT2D eigenvalue weighted by Gasteiger charge is -2.50. The molecule has 1 fully saturated rings. The molecule has 1 aliphatic heterocycles. The average molecular weight is 270 g/mol. The Kier molecular flexibility index (Phi) is 4.10. The van der Waals surface area contributed by atoms with Crippen LogP contribution in [0.2, 0.25) is 0 Å². The van der Waals surface area contributed by atoms with Gasteiger partial charge >= 0.3 is 0 Å². The van der Waals surface area contributed by atoms with Crippen LogP contribution < -0.4 is 10.6 Å². The molecule has 0 spiro atoms. The van der Waals surface area contributed by atoms with E-state index in [1.165, 1.54) is 0 Å². The molecule has 4 nitrogen and oxygen atoms in total. The number of carbonyl (C=O) groups is 1. The molecular formula is C15H30N2O2. The minimum Gasteiger partial charge on any atom is -0.380 e. The predicted molar refractivity (Wildman–Crippen MR) is 78.0 cm³/mol. The van der Waals surface area contributed by atoms with Gasteiger partial charge in [0, 0.05) is 29.5 Å². The van der Waals surface area contributed by atoms with Crippen molar-refractivity contribution in [2.24, 2.45) is 0 Å². The van der Waals surface area contributed by atoms with Crippen LogP contribution in [0.25, 0.3) is 0 Å². The van der Waals surface area contributed by atoms with E-state index in [2.05, 4.69) is 10.6 Å². The molecular weight excluding hydrogens is 240 g/mol. The van der Waals surface area contributed by atoms with Crippen LogP contribution in [0, 0.1) is 0 Å². The van der Waals surface area contributed by atoms with Crippen molar-refractivity contribution in [3.05, 3.63) is 0 Å². The van der Waals surface area contributed by atoms with Crippen molar-refractivity contribution in [3.8, 4) is 0 Å². The normalized spacial score (nSPS) is 24.8. The maximum atomic E-state index is 12.5. The zero-order valence-electron chi connectivity index (χ0n) is 13.5. The Morgan fingerprint density at radius 3 is 2.00 bits per heavy atom. The molecule has 3 N–H and O–H groups in total. The number of hydrogen-bond donors (Lipinski definition) is 3. The summed E-state index contributed by atoms with van der Waals surface area (Å²) in [5.74, 6) is -0.248. The molecule has 1 aliphatic rings. The number of hydrogen-bond acceptors (Lipinski definition) is 3. The lowest BCUT2D eigenvalue weighted by Crippen LogP contribution is -2.68. The molecule has 1 amide bonds. The summed E-state index contributed by atoms with van der Waals surface area (Å²) in [5.41, 5.74) is -2.11. The average Bonchev–Trinajstić information content (AvgIpc) is 2.11. The van der Waals surface area contributed by atoms with Crippen LogP contribution in [0.4, 0.5) is 0 Å². The molecule has 4 heteroatoms. The summed E-state index contributed by atoms with van der Waals surface area (Å²) in [5, 5.41) is 17.3. The number of aliphatic hydroxyl groups is 1. The van der Waals surface area contributed by atoms with Crippen LogP contribution in [0.5, 0.6) is 0 Å². The van der Waals surface area contributed by atoms with Gasteiger partial charge in [0.2, 0.25) is 0 Å². The van der Waals surface area contributed by atoms with Crippen molar-refractivity contribution < 1.29 is 9.90 Å². The first-order valence-electron chi connectivity index (χ1n) is 7.15. The van der Waals surface area contributed by atoms with E-state index < -0.39 is 5.60 Å². The summed E-state index contributed by atoms with van der Waals surface area (Å²) < 4.78 is 0. The highest BCUT2D eigenvalue weighted by Gasteiger charge is 2.50. The Labute approximate surface area is 117 Å². The van der Waals surface area contributed by atoms with Crippen LogP contribution in [0.15, 0.2) is 0 Å². The van der Waals surface area contributed by atoms with E-state index in [9.17, 15) is 9.90 Å². The van der Waals surface area contributed by atoms with Crippen LogP contribution in [-0.4, -0.2) is 33.2 Å². The van der Waals surface area contributed by atoms with Gasteiger partial charge in [0.05, 0.1) is 0 Å². The third-order valence-electron chi connectivity index (χ3n) is 3.90. The van der Waals surface area contributed by atoms with Gasteiger partial charge in [-0.1, -0.05) is 6.92 Å². The van der Waals surface area contributed by atoms with Gasteiger partial charge in [-0.3, -0.25) is 4.79 Å². The lowest BCUT2D eigenvalue weighted by molar-refractivity contribution is -0.151. The fraction of sp³-hybridized carbons (Fsp3) is 0.933.